The largest absolute Gasteiger partial charge is 0.490 e. The molecule has 3 nitrogen and oxygen atoms in total. The highest BCUT2D eigenvalue weighted by atomic mass is 79.9. The van der Waals surface area contributed by atoms with E-state index in [1.165, 1.54) is 0 Å². The van der Waals surface area contributed by atoms with Gasteiger partial charge in [0.15, 0.2) is 5.75 Å². The zero-order valence-electron chi connectivity index (χ0n) is 10.4. The van der Waals surface area contributed by atoms with Crippen molar-refractivity contribution in [1.29, 1.82) is 0 Å². The fraction of sp³-hybridized carbons (Fsp3) is 0.143. The summed E-state index contributed by atoms with van der Waals surface area (Å²) in [6, 6.07) is 11.0. The third kappa shape index (κ3) is 4.30. The molecule has 0 saturated carbocycles. The normalized spacial score (nSPS) is 10.3. The molecule has 0 radical (unpaired) electrons. The van der Waals surface area contributed by atoms with Gasteiger partial charge in [0, 0.05) is 9.50 Å². The second-order valence-electron chi connectivity index (χ2n) is 3.96. The number of hydrogen-bond donors (Lipinski definition) is 1. The lowest BCUT2D eigenvalue weighted by Gasteiger charge is -2.12. The van der Waals surface area contributed by atoms with E-state index in [2.05, 4.69) is 31.9 Å². The van der Waals surface area contributed by atoms with E-state index in [0.717, 1.165) is 14.7 Å². The standard InChI is InChI=1S/C14H12Br2ClNO2/c15-9-2-1-3-11(6-9)19-4-5-20-14-12(16)7-10(17)8-13(14)18/h1-3,6-8H,4-5,18H2. The summed E-state index contributed by atoms with van der Waals surface area (Å²) in [5.74, 6) is 1.36. The van der Waals surface area contributed by atoms with Crippen LogP contribution < -0.4 is 15.2 Å². The van der Waals surface area contributed by atoms with Crippen molar-refractivity contribution in [3.63, 3.8) is 0 Å². The molecule has 0 bridgehead atoms. The predicted molar refractivity (Wildman–Crippen MR) is 88.7 cm³/mol. The van der Waals surface area contributed by atoms with Gasteiger partial charge in [0.25, 0.3) is 0 Å². The Morgan fingerprint density at radius 2 is 1.80 bits per heavy atom. The van der Waals surface area contributed by atoms with Crippen molar-refractivity contribution in [2.45, 2.75) is 0 Å². The molecule has 0 aliphatic heterocycles. The van der Waals surface area contributed by atoms with Crippen molar-refractivity contribution < 1.29 is 9.47 Å². The Hall–Kier alpha value is -0.910. The molecule has 6 heteroatoms. The maximum absolute atomic E-state index is 5.88. The lowest BCUT2D eigenvalue weighted by atomic mass is 10.3. The Balaban J connectivity index is 1.88. The van der Waals surface area contributed by atoms with E-state index in [4.69, 9.17) is 26.8 Å². The number of anilines is 1. The topological polar surface area (TPSA) is 44.5 Å². The molecule has 0 aliphatic rings. The van der Waals surface area contributed by atoms with Gasteiger partial charge in [-0.25, -0.2) is 0 Å². The van der Waals surface area contributed by atoms with Gasteiger partial charge in [0.2, 0.25) is 0 Å². The van der Waals surface area contributed by atoms with Gasteiger partial charge in [-0.15, -0.1) is 0 Å². The highest BCUT2D eigenvalue weighted by Crippen LogP contribution is 2.34. The molecular weight excluding hydrogens is 409 g/mol. The number of nitrogens with two attached hydrogens (primary N) is 1. The molecular formula is C14H12Br2ClNO2. The zero-order valence-corrected chi connectivity index (χ0v) is 14.3. The predicted octanol–water partition coefficient (Wildman–Crippen LogP) is 4.91. The number of halogens is 3. The van der Waals surface area contributed by atoms with Gasteiger partial charge >= 0.3 is 0 Å². The first-order valence-corrected chi connectivity index (χ1v) is 7.78. The minimum absolute atomic E-state index is 0.386. The molecule has 2 N–H and O–H groups in total. The van der Waals surface area contributed by atoms with Crippen LogP contribution in [0.25, 0.3) is 0 Å². The molecule has 106 valence electrons. The smallest absolute Gasteiger partial charge is 0.156 e. The fourth-order valence-corrected chi connectivity index (χ4v) is 2.92. The number of rotatable bonds is 5. The Morgan fingerprint density at radius 1 is 1.05 bits per heavy atom. The second kappa shape index (κ2) is 7.20. The fourth-order valence-electron chi connectivity index (χ4n) is 1.59. The quantitative estimate of drug-likeness (QED) is 0.551. The van der Waals surface area contributed by atoms with Crippen LogP contribution in [0.4, 0.5) is 5.69 Å². The lowest BCUT2D eigenvalue weighted by Crippen LogP contribution is -2.10. The molecule has 0 aromatic heterocycles. The van der Waals surface area contributed by atoms with Crippen LogP contribution in [0, 0.1) is 0 Å². The monoisotopic (exact) mass is 419 g/mol. The summed E-state index contributed by atoms with van der Waals surface area (Å²) in [5, 5.41) is 0.562. The number of hydrogen-bond acceptors (Lipinski definition) is 3. The van der Waals surface area contributed by atoms with Gasteiger partial charge in [-0.2, -0.15) is 0 Å². The minimum atomic E-state index is 0.386. The first-order valence-electron chi connectivity index (χ1n) is 5.82. The first-order chi connectivity index (χ1) is 9.56. The van der Waals surface area contributed by atoms with E-state index < -0.39 is 0 Å². The van der Waals surface area contributed by atoms with Gasteiger partial charge in [-0.1, -0.05) is 33.6 Å². The first kappa shape index (κ1) is 15.5. The van der Waals surface area contributed by atoms with Gasteiger partial charge in [-0.05, 0) is 46.3 Å². The van der Waals surface area contributed by atoms with Crippen LogP contribution in [0.1, 0.15) is 0 Å². The molecule has 20 heavy (non-hydrogen) atoms. The lowest BCUT2D eigenvalue weighted by molar-refractivity contribution is 0.217. The molecule has 2 rings (SSSR count). The van der Waals surface area contributed by atoms with E-state index in [-0.39, 0.29) is 0 Å². The minimum Gasteiger partial charge on any atom is -0.490 e. The molecule has 2 aromatic rings. The summed E-state index contributed by atoms with van der Waals surface area (Å²) in [7, 11) is 0. The van der Waals surface area contributed by atoms with Crippen LogP contribution in [0.5, 0.6) is 11.5 Å². The highest BCUT2D eigenvalue weighted by Gasteiger charge is 2.07. The summed E-state index contributed by atoms with van der Waals surface area (Å²) in [6.07, 6.45) is 0. The van der Waals surface area contributed by atoms with E-state index in [9.17, 15) is 0 Å². The van der Waals surface area contributed by atoms with Crippen molar-refractivity contribution in [2.24, 2.45) is 0 Å². The Morgan fingerprint density at radius 3 is 2.50 bits per heavy atom. The van der Waals surface area contributed by atoms with Crippen LogP contribution >= 0.6 is 43.5 Å². The van der Waals surface area contributed by atoms with Crippen molar-refractivity contribution in [3.8, 4) is 11.5 Å². The SMILES string of the molecule is Nc1cc(Cl)cc(Br)c1OCCOc1cccc(Br)c1. The number of benzene rings is 2. The molecule has 0 aliphatic carbocycles. The molecule has 0 amide bonds. The Labute approximate surface area is 139 Å². The second-order valence-corrected chi connectivity index (χ2v) is 6.17. The summed E-state index contributed by atoms with van der Waals surface area (Å²) in [6.45, 7) is 0.807. The van der Waals surface area contributed by atoms with Crippen LogP contribution in [-0.4, -0.2) is 13.2 Å². The van der Waals surface area contributed by atoms with Crippen LogP contribution in [-0.2, 0) is 0 Å². The van der Waals surface area contributed by atoms with Gasteiger partial charge in [-0.3, -0.25) is 0 Å². The van der Waals surface area contributed by atoms with Gasteiger partial charge in [0.1, 0.15) is 19.0 Å². The molecule has 2 aromatic carbocycles. The van der Waals surface area contributed by atoms with Crippen molar-refractivity contribution in [3.05, 3.63) is 50.4 Å². The molecule has 0 atom stereocenters. The molecule has 0 unspecified atom stereocenters. The maximum Gasteiger partial charge on any atom is 0.156 e. The average molecular weight is 422 g/mol. The van der Waals surface area contributed by atoms with Gasteiger partial charge in [0.05, 0.1) is 10.2 Å². The molecule has 0 heterocycles. The highest BCUT2D eigenvalue weighted by molar-refractivity contribution is 9.10. The van der Waals surface area contributed by atoms with E-state index >= 15 is 0 Å². The number of ether oxygens (including phenoxy) is 2. The van der Waals surface area contributed by atoms with Crippen LogP contribution in [0.15, 0.2) is 45.3 Å². The molecule has 0 spiro atoms. The summed E-state index contributed by atoms with van der Waals surface area (Å²) < 4.78 is 12.9. The van der Waals surface area contributed by atoms with E-state index in [1.54, 1.807) is 12.1 Å². The number of nitrogen functional groups attached to an aromatic ring is 1. The molecule has 0 fully saturated rings. The maximum atomic E-state index is 5.88. The van der Waals surface area contributed by atoms with Crippen LogP contribution in [0.2, 0.25) is 5.02 Å². The summed E-state index contributed by atoms with van der Waals surface area (Å²) in [4.78, 5) is 0. The summed E-state index contributed by atoms with van der Waals surface area (Å²) in [5.41, 5.74) is 6.34. The Kier molecular flexibility index (Phi) is 5.57. The van der Waals surface area contributed by atoms with Crippen molar-refractivity contribution >= 4 is 49.1 Å². The average Bonchev–Trinajstić information content (AvgIpc) is 2.36. The zero-order chi connectivity index (χ0) is 14.5. The van der Waals surface area contributed by atoms with Crippen molar-refractivity contribution in [2.75, 3.05) is 18.9 Å². The molecule has 0 saturated heterocycles. The summed E-state index contributed by atoms with van der Waals surface area (Å²) >= 11 is 12.6. The van der Waals surface area contributed by atoms with Crippen molar-refractivity contribution in [1.82, 2.24) is 0 Å². The third-order valence-electron chi connectivity index (χ3n) is 2.43. The van der Waals surface area contributed by atoms with E-state index in [0.29, 0.717) is 29.7 Å². The van der Waals surface area contributed by atoms with Crippen LogP contribution in [0.3, 0.4) is 0 Å². The Bertz CT molecular complexity index is 584. The van der Waals surface area contributed by atoms with E-state index in [1.807, 2.05) is 24.3 Å². The third-order valence-corrected chi connectivity index (χ3v) is 3.73. The van der Waals surface area contributed by atoms with Gasteiger partial charge < -0.3 is 15.2 Å².